The van der Waals surface area contributed by atoms with Gasteiger partial charge in [0.05, 0.1) is 0 Å². The number of amides is 2. The molecule has 2 aromatic rings. The molecule has 4 nitrogen and oxygen atoms in total. The van der Waals surface area contributed by atoms with Crippen LogP contribution in [0.25, 0.3) is 0 Å². The van der Waals surface area contributed by atoms with Gasteiger partial charge in [0, 0.05) is 23.4 Å². The Labute approximate surface area is 194 Å². The van der Waals surface area contributed by atoms with Gasteiger partial charge in [0.1, 0.15) is 0 Å². The molecule has 0 radical (unpaired) electrons. The first kappa shape index (κ1) is 25.6. The Morgan fingerprint density at radius 3 is 1.78 bits per heavy atom. The minimum atomic E-state index is -0.137. The minimum absolute atomic E-state index is 0.0532. The fourth-order valence-corrected chi connectivity index (χ4v) is 3.80. The summed E-state index contributed by atoms with van der Waals surface area (Å²) in [4.78, 5) is 24.5. The number of rotatable bonds is 15. The monoisotopic (exact) mass is 436 g/mol. The number of nitrogens with one attached hydrogen (secondary N) is 2. The van der Waals surface area contributed by atoms with Gasteiger partial charge in [0.25, 0.3) is 5.91 Å². The molecule has 0 aliphatic carbocycles. The summed E-state index contributed by atoms with van der Waals surface area (Å²) in [7, 11) is 0. The molecule has 0 bridgehead atoms. The highest BCUT2D eigenvalue weighted by Crippen LogP contribution is 2.16. The average Bonchev–Trinajstić information content (AvgIpc) is 2.79. The van der Waals surface area contributed by atoms with Crippen LogP contribution in [0.4, 0.5) is 11.4 Å². The molecule has 2 aromatic carbocycles. The molecule has 0 aliphatic heterocycles. The van der Waals surface area contributed by atoms with E-state index in [0.29, 0.717) is 17.7 Å². The van der Waals surface area contributed by atoms with Crippen molar-refractivity contribution < 1.29 is 9.59 Å². The lowest BCUT2D eigenvalue weighted by atomic mass is 10.1. The largest absolute Gasteiger partial charge is 0.326 e. The summed E-state index contributed by atoms with van der Waals surface area (Å²) in [6.45, 7) is 4.22. The van der Waals surface area contributed by atoms with Crippen LogP contribution in [-0.2, 0) is 4.79 Å². The van der Waals surface area contributed by atoms with Crippen molar-refractivity contribution in [1.82, 2.24) is 0 Å². The van der Waals surface area contributed by atoms with Crippen LogP contribution in [-0.4, -0.2) is 11.8 Å². The molecule has 0 saturated heterocycles. The van der Waals surface area contributed by atoms with E-state index in [1.807, 2.05) is 49.4 Å². The van der Waals surface area contributed by atoms with Gasteiger partial charge in [0.2, 0.25) is 5.91 Å². The fraction of sp³-hybridized carbons (Fsp3) is 0.500. The van der Waals surface area contributed by atoms with E-state index in [1.165, 1.54) is 57.8 Å². The first-order valence-electron chi connectivity index (χ1n) is 12.4. The zero-order chi connectivity index (χ0) is 23.0. The molecule has 0 spiro atoms. The maximum absolute atomic E-state index is 12.3. The van der Waals surface area contributed by atoms with Crippen molar-refractivity contribution in [1.29, 1.82) is 0 Å². The smallest absolute Gasteiger partial charge is 0.255 e. The first-order valence-corrected chi connectivity index (χ1v) is 12.4. The van der Waals surface area contributed by atoms with E-state index in [4.69, 9.17) is 0 Å². The Bertz CT molecular complexity index is 814. The van der Waals surface area contributed by atoms with Gasteiger partial charge < -0.3 is 10.6 Å². The molecule has 0 saturated carbocycles. The highest BCUT2D eigenvalue weighted by molar-refractivity contribution is 6.04. The summed E-state index contributed by atoms with van der Waals surface area (Å²) in [6, 6.07) is 14.8. The Hall–Kier alpha value is -2.62. The van der Waals surface area contributed by atoms with E-state index >= 15 is 0 Å². The third-order valence-electron chi connectivity index (χ3n) is 5.71. The Morgan fingerprint density at radius 1 is 0.688 bits per heavy atom. The van der Waals surface area contributed by atoms with Gasteiger partial charge >= 0.3 is 0 Å². The van der Waals surface area contributed by atoms with E-state index in [-0.39, 0.29) is 11.8 Å². The molecule has 0 heterocycles. The van der Waals surface area contributed by atoms with E-state index in [0.717, 1.165) is 24.1 Å². The summed E-state index contributed by atoms with van der Waals surface area (Å²) < 4.78 is 0. The molecule has 2 N–H and O–H groups in total. The van der Waals surface area contributed by atoms with Gasteiger partial charge in [-0.15, -0.1) is 0 Å². The van der Waals surface area contributed by atoms with Crippen molar-refractivity contribution in [3.63, 3.8) is 0 Å². The van der Waals surface area contributed by atoms with Gasteiger partial charge in [0.15, 0.2) is 0 Å². The first-order chi connectivity index (χ1) is 15.6. The molecule has 32 heavy (non-hydrogen) atoms. The van der Waals surface area contributed by atoms with Gasteiger partial charge in [-0.25, -0.2) is 0 Å². The van der Waals surface area contributed by atoms with E-state index in [2.05, 4.69) is 17.6 Å². The number of carbonyl (C=O) groups excluding carboxylic acids is 2. The van der Waals surface area contributed by atoms with E-state index in [1.54, 1.807) is 6.07 Å². The van der Waals surface area contributed by atoms with Crippen LogP contribution in [0.1, 0.15) is 99.9 Å². The zero-order valence-corrected chi connectivity index (χ0v) is 19.9. The molecule has 0 aliphatic rings. The van der Waals surface area contributed by atoms with Crippen molar-refractivity contribution in [2.24, 2.45) is 0 Å². The Balaban J connectivity index is 1.57. The standard InChI is InChI=1S/C28H40N2O2/c1-3-4-5-6-7-8-9-10-11-12-13-17-27(31)29-25-18-20-26(21-19-25)30-28(32)24-16-14-15-23(2)22-24/h14-16,18-22H,3-13,17H2,1-2H3,(H,29,31)(H,30,32). The lowest BCUT2D eigenvalue weighted by Gasteiger charge is -2.08. The highest BCUT2D eigenvalue weighted by atomic mass is 16.2. The van der Waals surface area contributed by atoms with E-state index in [9.17, 15) is 9.59 Å². The van der Waals surface area contributed by atoms with Gasteiger partial charge in [-0.1, -0.05) is 88.8 Å². The molecule has 2 rings (SSSR count). The van der Waals surface area contributed by atoms with Crippen molar-refractivity contribution in [2.45, 2.75) is 90.9 Å². The SMILES string of the molecule is CCCCCCCCCCCCCC(=O)Nc1ccc(NC(=O)c2cccc(C)c2)cc1. The lowest BCUT2D eigenvalue weighted by Crippen LogP contribution is -2.13. The van der Waals surface area contributed by atoms with Crippen LogP contribution >= 0.6 is 0 Å². The van der Waals surface area contributed by atoms with Crippen molar-refractivity contribution in [3.8, 4) is 0 Å². The zero-order valence-electron chi connectivity index (χ0n) is 19.9. The second-order valence-electron chi connectivity index (χ2n) is 8.73. The number of unbranched alkanes of at least 4 members (excludes halogenated alkanes) is 10. The molecule has 4 heteroatoms. The van der Waals surface area contributed by atoms with Gasteiger partial charge in [-0.05, 0) is 49.7 Å². The van der Waals surface area contributed by atoms with Gasteiger partial charge in [-0.2, -0.15) is 0 Å². The predicted molar refractivity (Wildman–Crippen MR) is 135 cm³/mol. The molecule has 0 atom stereocenters. The third-order valence-corrected chi connectivity index (χ3v) is 5.71. The maximum atomic E-state index is 12.3. The number of carbonyl (C=O) groups is 2. The minimum Gasteiger partial charge on any atom is -0.326 e. The quantitative estimate of drug-likeness (QED) is 0.279. The summed E-state index contributed by atoms with van der Waals surface area (Å²) >= 11 is 0. The van der Waals surface area contributed by atoms with Crippen LogP contribution in [0.3, 0.4) is 0 Å². The predicted octanol–water partition coefficient (Wildman–Crippen LogP) is 7.89. The molecular weight excluding hydrogens is 396 g/mol. The summed E-state index contributed by atoms with van der Waals surface area (Å²) in [6.07, 6.45) is 14.6. The number of benzene rings is 2. The molecule has 0 aromatic heterocycles. The lowest BCUT2D eigenvalue weighted by molar-refractivity contribution is -0.116. The molecule has 0 fully saturated rings. The fourth-order valence-electron chi connectivity index (χ4n) is 3.80. The van der Waals surface area contributed by atoms with Crippen molar-refractivity contribution >= 4 is 23.2 Å². The van der Waals surface area contributed by atoms with Crippen LogP contribution < -0.4 is 10.6 Å². The Kier molecular flexibility index (Phi) is 12.2. The number of aryl methyl sites for hydroxylation is 1. The third kappa shape index (κ3) is 10.6. The summed E-state index contributed by atoms with van der Waals surface area (Å²) in [5.74, 6) is -0.0838. The van der Waals surface area contributed by atoms with Crippen LogP contribution in [0.5, 0.6) is 0 Å². The molecular formula is C28H40N2O2. The van der Waals surface area contributed by atoms with Crippen LogP contribution in [0, 0.1) is 6.92 Å². The number of hydrogen-bond donors (Lipinski definition) is 2. The summed E-state index contributed by atoms with van der Waals surface area (Å²) in [5, 5.41) is 5.84. The molecule has 2 amide bonds. The van der Waals surface area contributed by atoms with E-state index < -0.39 is 0 Å². The number of anilines is 2. The maximum Gasteiger partial charge on any atom is 0.255 e. The Morgan fingerprint density at radius 2 is 1.22 bits per heavy atom. The highest BCUT2D eigenvalue weighted by Gasteiger charge is 2.07. The van der Waals surface area contributed by atoms with Gasteiger partial charge in [-0.3, -0.25) is 9.59 Å². The second kappa shape index (κ2) is 15.2. The average molecular weight is 437 g/mol. The van der Waals surface area contributed by atoms with Crippen LogP contribution in [0.15, 0.2) is 48.5 Å². The molecule has 0 unspecified atom stereocenters. The second-order valence-corrected chi connectivity index (χ2v) is 8.73. The topological polar surface area (TPSA) is 58.2 Å². The summed E-state index contributed by atoms with van der Waals surface area (Å²) in [5.41, 5.74) is 3.15. The normalized spacial score (nSPS) is 10.7. The number of hydrogen-bond acceptors (Lipinski definition) is 2. The van der Waals surface area contributed by atoms with Crippen molar-refractivity contribution in [2.75, 3.05) is 10.6 Å². The van der Waals surface area contributed by atoms with Crippen LogP contribution in [0.2, 0.25) is 0 Å². The van der Waals surface area contributed by atoms with Crippen molar-refractivity contribution in [3.05, 3.63) is 59.7 Å². The molecule has 174 valence electrons.